The van der Waals surface area contributed by atoms with Crippen LogP contribution in [0.5, 0.6) is 0 Å². The van der Waals surface area contributed by atoms with E-state index in [-0.39, 0.29) is 10.9 Å². The zero-order valence-corrected chi connectivity index (χ0v) is 13.6. The third-order valence-electron chi connectivity index (χ3n) is 2.75. The van der Waals surface area contributed by atoms with Crippen LogP contribution in [0.3, 0.4) is 0 Å². The van der Waals surface area contributed by atoms with Crippen LogP contribution in [0, 0.1) is 0 Å². The Morgan fingerprint density at radius 1 is 1.19 bits per heavy atom. The Labute approximate surface area is 135 Å². The van der Waals surface area contributed by atoms with E-state index < -0.39 is 10.8 Å². The lowest BCUT2D eigenvalue weighted by Gasteiger charge is -2.09. The average Bonchev–Trinajstić information content (AvgIpc) is 2.41. The van der Waals surface area contributed by atoms with Crippen LogP contribution in [0.15, 0.2) is 42.5 Å². The maximum absolute atomic E-state index is 12.2. The van der Waals surface area contributed by atoms with Gasteiger partial charge in [-0.25, -0.2) is 0 Å². The van der Waals surface area contributed by atoms with Gasteiger partial charge in [-0.15, -0.1) is 0 Å². The highest BCUT2D eigenvalue weighted by Gasteiger charge is 2.12. The highest BCUT2D eigenvalue weighted by atomic mass is 35.5. The van der Waals surface area contributed by atoms with Crippen molar-refractivity contribution in [1.82, 2.24) is 0 Å². The molecular formula is C15H13Cl2NO2S. The predicted molar refractivity (Wildman–Crippen MR) is 88.6 cm³/mol. The van der Waals surface area contributed by atoms with Crippen LogP contribution in [0.2, 0.25) is 10.0 Å². The monoisotopic (exact) mass is 341 g/mol. The van der Waals surface area contributed by atoms with Crippen molar-refractivity contribution in [2.45, 2.75) is 5.75 Å². The molecule has 1 N–H and O–H groups in total. The summed E-state index contributed by atoms with van der Waals surface area (Å²) in [6.45, 7) is 0. The standard InChI is InChI=1S/C15H13Cl2NO2S/c1-21(20)9-10-4-2-5-11(8-10)18-15(19)12-6-3-7-13(16)14(12)17/h2-8H,9H2,1H3,(H,18,19). The van der Waals surface area contributed by atoms with Crippen LogP contribution in [0.1, 0.15) is 15.9 Å². The topological polar surface area (TPSA) is 46.2 Å². The fourth-order valence-electron chi connectivity index (χ4n) is 1.85. The molecule has 2 aromatic carbocycles. The predicted octanol–water partition coefficient (Wildman–Crippen LogP) is 4.12. The van der Waals surface area contributed by atoms with Crippen molar-refractivity contribution >= 4 is 45.6 Å². The average molecular weight is 342 g/mol. The van der Waals surface area contributed by atoms with E-state index in [1.165, 1.54) is 0 Å². The molecule has 1 amide bonds. The molecule has 0 spiro atoms. The number of carbonyl (C=O) groups is 1. The van der Waals surface area contributed by atoms with E-state index in [1.54, 1.807) is 42.7 Å². The Morgan fingerprint density at radius 2 is 1.90 bits per heavy atom. The van der Waals surface area contributed by atoms with Gasteiger partial charge in [-0.05, 0) is 29.8 Å². The van der Waals surface area contributed by atoms with Gasteiger partial charge in [-0.2, -0.15) is 0 Å². The first-order valence-electron chi connectivity index (χ1n) is 6.11. The number of anilines is 1. The van der Waals surface area contributed by atoms with Crippen LogP contribution in [0.4, 0.5) is 5.69 Å². The number of halogens is 2. The van der Waals surface area contributed by atoms with Crippen LogP contribution < -0.4 is 5.32 Å². The van der Waals surface area contributed by atoms with E-state index in [0.29, 0.717) is 22.0 Å². The quantitative estimate of drug-likeness (QED) is 0.908. The molecule has 6 heteroatoms. The lowest BCUT2D eigenvalue weighted by Crippen LogP contribution is -2.12. The first-order valence-corrected chi connectivity index (χ1v) is 8.60. The summed E-state index contributed by atoms with van der Waals surface area (Å²) in [5.74, 6) is 0.110. The number of carbonyl (C=O) groups excluding carboxylic acids is 1. The lowest BCUT2D eigenvalue weighted by molar-refractivity contribution is 0.102. The van der Waals surface area contributed by atoms with E-state index in [9.17, 15) is 9.00 Å². The number of hydrogen-bond acceptors (Lipinski definition) is 2. The van der Waals surface area contributed by atoms with Crippen LogP contribution in [-0.4, -0.2) is 16.4 Å². The van der Waals surface area contributed by atoms with Gasteiger partial charge in [0.15, 0.2) is 0 Å². The van der Waals surface area contributed by atoms with Gasteiger partial charge in [0.05, 0.1) is 15.6 Å². The highest BCUT2D eigenvalue weighted by Crippen LogP contribution is 2.26. The number of nitrogens with one attached hydrogen (secondary N) is 1. The third kappa shape index (κ3) is 4.30. The van der Waals surface area contributed by atoms with Gasteiger partial charge in [0, 0.05) is 28.5 Å². The number of benzene rings is 2. The fourth-order valence-corrected chi connectivity index (χ4v) is 2.89. The largest absolute Gasteiger partial charge is 0.322 e. The molecule has 1 atom stereocenters. The van der Waals surface area contributed by atoms with Crippen LogP contribution >= 0.6 is 23.2 Å². The third-order valence-corrected chi connectivity index (χ3v) is 4.31. The zero-order chi connectivity index (χ0) is 15.4. The molecule has 0 aliphatic heterocycles. The van der Waals surface area contributed by atoms with Gasteiger partial charge in [0.2, 0.25) is 0 Å². The van der Waals surface area contributed by atoms with Crippen molar-refractivity contribution in [3.8, 4) is 0 Å². The van der Waals surface area contributed by atoms with Gasteiger partial charge in [-0.1, -0.05) is 41.4 Å². The molecule has 0 aliphatic rings. The lowest BCUT2D eigenvalue weighted by atomic mass is 10.2. The second kappa shape index (κ2) is 7.07. The minimum Gasteiger partial charge on any atom is -0.322 e. The smallest absolute Gasteiger partial charge is 0.257 e. The van der Waals surface area contributed by atoms with Crippen molar-refractivity contribution in [3.05, 3.63) is 63.6 Å². The Balaban J connectivity index is 2.20. The van der Waals surface area contributed by atoms with E-state index in [0.717, 1.165) is 5.56 Å². The molecule has 3 nitrogen and oxygen atoms in total. The molecule has 0 aromatic heterocycles. The van der Waals surface area contributed by atoms with Gasteiger partial charge in [0.25, 0.3) is 5.91 Å². The molecule has 0 saturated carbocycles. The Hall–Kier alpha value is -1.36. The van der Waals surface area contributed by atoms with E-state index >= 15 is 0 Å². The fraction of sp³-hybridized carbons (Fsp3) is 0.133. The number of amides is 1. The summed E-state index contributed by atoms with van der Waals surface area (Å²) in [5.41, 5.74) is 1.83. The molecule has 0 aliphatic carbocycles. The maximum Gasteiger partial charge on any atom is 0.257 e. The van der Waals surface area contributed by atoms with Crippen LogP contribution in [0.25, 0.3) is 0 Å². The molecule has 0 fully saturated rings. The molecule has 0 heterocycles. The molecule has 2 aromatic rings. The second-order valence-electron chi connectivity index (χ2n) is 4.47. The van der Waals surface area contributed by atoms with Crippen molar-refractivity contribution < 1.29 is 9.00 Å². The summed E-state index contributed by atoms with van der Waals surface area (Å²) in [7, 11) is -0.931. The summed E-state index contributed by atoms with van der Waals surface area (Å²) in [6, 6.07) is 12.1. The molecular weight excluding hydrogens is 329 g/mol. The minimum absolute atomic E-state index is 0.225. The molecule has 0 bridgehead atoms. The maximum atomic E-state index is 12.2. The first-order chi connectivity index (χ1) is 9.97. The van der Waals surface area contributed by atoms with Crippen LogP contribution in [-0.2, 0) is 16.6 Å². The zero-order valence-electron chi connectivity index (χ0n) is 11.2. The second-order valence-corrected chi connectivity index (χ2v) is 6.69. The summed E-state index contributed by atoms with van der Waals surface area (Å²) in [4.78, 5) is 12.2. The Kier molecular flexibility index (Phi) is 5.39. The summed E-state index contributed by atoms with van der Waals surface area (Å²) < 4.78 is 11.2. The highest BCUT2D eigenvalue weighted by molar-refractivity contribution is 7.83. The van der Waals surface area contributed by atoms with E-state index in [1.807, 2.05) is 6.07 Å². The summed E-state index contributed by atoms with van der Waals surface area (Å²) in [6.07, 6.45) is 1.64. The number of rotatable bonds is 4. The van der Waals surface area contributed by atoms with Gasteiger partial charge in [-0.3, -0.25) is 9.00 Å². The molecule has 2 rings (SSSR count). The van der Waals surface area contributed by atoms with Gasteiger partial charge < -0.3 is 5.32 Å². The molecule has 1 unspecified atom stereocenters. The van der Waals surface area contributed by atoms with Crippen molar-refractivity contribution in [2.75, 3.05) is 11.6 Å². The first kappa shape index (κ1) is 16.0. The minimum atomic E-state index is -0.931. The van der Waals surface area contributed by atoms with Crippen molar-refractivity contribution in [1.29, 1.82) is 0 Å². The number of hydrogen-bond donors (Lipinski definition) is 1. The van der Waals surface area contributed by atoms with Crippen molar-refractivity contribution in [2.24, 2.45) is 0 Å². The van der Waals surface area contributed by atoms with Gasteiger partial charge in [0.1, 0.15) is 0 Å². The van der Waals surface area contributed by atoms with E-state index in [2.05, 4.69) is 5.32 Å². The molecule has 21 heavy (non-hydrogen) atoms. The van der Waals surface area contributed by atoms with Crippen molar-refractivity contribution in [3.63, 3.8) is 0 Å². The SMILES string of the molecule is CS(=O)Cc1cccc(NC(=O)c2cccc(Cl)c2Cl)c1. The van der Waals surface area contributed by atoms with Gasteiger partial charge >= 0.3 is 0 Å². The van der Waals surface area contributed by atoms with E-state index in [4.69, 9.17) is 23.2 Å². The molecule has 110 valence electrons. The Bertz CT molecular complexity index is 704. The normalized spacial score (nSPS) is 12.0. The summed E-state index contributed by atoms with van der Waals surface area (Å²) >= 11 is 11.9. The Morgan fingerprint density at radius 3 is 2.62 bits per heavy atom. The molecule has 0 saturated heterocycles. The summed E-state index contributed by atoms with van der Waals surface area (Å²) in [5, 5.41) is 3.32. The molecule has 0 radical (unpaired) electrons.